The summed E-state index contributed by atoms with van der Waals surface area (Å²) in [6.07, 6.45) is 2.64. The van der Waals surface area contributed by atoms with E-state index in [4.69, 9.17) is 15.6 Å². The van der Waals surface area contributed by atoms with Crippen LogP contribution in [-0.4, -0.2) is 23.8 Å². The van der Waals surface area contributed by atoms with Crippen molar-refractivity contribution in [3.63, 3.8) is 0 Å². The summed E-state index contributed by atoms with van der Waals surface area (Å²) >= 11 is 0. The van der Waals surface area contributed by atoms with E-state index >= 15 is 0 Å². The summed E-state index contributed by atoms with van der Waals surface area (Å²) in [6.45, 7) is 2.80. The monoisotopic (exact) mass is 300 g/mol. The molecule has 0 fully saturated rings. The minimum Gasteiger partial charge on any atom is -0.392 e. The van der Waals surface area contributed by atoms with E-state index in [9.17, 15) is 0 Å². The largest absolute Gasteiger partial charge is 0.392 e. The van der Waals surface area contributed by atoms with Crippen LogP contribution in [0.2, 0.25) is 0 Å². The van der Waals surface area contributed by atoms with Crippen LogP contribution in [0.25, 0.3) is 0 Å². The summed E-state index contributed by atoms with van der Waals surface area (Å²) in [5.74, 6) is 0.619. The van der Waals surface area contributed by atoms with Crippen molar-refractivity contribution in [2.24, 2.45) is 0 Å². The van der Waals surface area contributed by atoms with E-state index < -0.39 is 0 Å². The second kappa shape index (κ2) is 7.92. The molecule has 2 rings (SSSR count). The maximum atomic E-state index is 9.10. The van der Waals surface area contributed by atoms with Gasteiger partial charge in [-0.2, -0.15) is 0 Å². The Morgan fingerprint density at radius 3 is 2.45 bits per heavy atom. The highest BCUT2D eigenvalue weighted by molar-refractivity contribution is 5.45. The van der Waals surface area contributed by atoms with Crippen LogP contribution in [0.1, 0.15) is 34.4 Å². The molecule has 2 aromatic rings. The van der Waals surface area contributed by atoms with Gasteiger partial charge >= 0.3 is 0 Å². The lowest BCUT2D eigenvalue weighted by Crippen LogP contribution is -2.05. The Morgan fingerprint density at radius 1 is 1.14 bits per heavy atom. The minimum absolute atomic E-state index is 0.0758. The van der Waals surface area contributed by atoms with Crippen LogP contribution in [0.4, 0.5) is 5.82 Å². The molecule has 0 aliphatic rings. The molecule has 0 saturated carbocycles. The molecule has 118 valence electrons. The standard InChI is InChI=1S/C18H24N2O2/c1-13-17(10-14-5-7-15(12-21)8-6-14)11-16(18(19)20-13)4-3-9-22-2/h5-8,11,21H,3-4,9-10,12H2,1-2H3,(H2,19,20). The average Bonchev–Trinajstić information content (AvgIpc) is 2.52. The molecule has 0 bridgehead atoms. The second-order valence-electron chi connectivity index (χ2n) is 5.53. The van der Waals surface area contributed by atoms with Gasteiger partial charge < -0.3 is 15.6 Å². The van der Waals surface area contributed by atoms with Gasteiger partial charge in [0.15, 0.2) is 0 Å². The second-order valence-corrected chi connectivity index (χ2v) is 5.53. The summed E-state index contributed by atoms with van der Waals surface area (Å²) in [6, 6.07) is 10.2. The van der Waals surface area contributed by atoms with E-state index in [0.717, 1.165) is 42.7 Å². The van der Waals surface area contributed by atoms with Gasteiger partial charge in [-0.25, -0.2) is 4.98 Å². The molecule has 0 saturated heterocycles. The van der Waals surface area contributed by atoms with Crippen molar-refractivity contribution in [1.82, 2.24) is 4.98 Å². The highest BCUT2D eigenvalue weighted by atomic mass is 16.5. The number of aromatic nitrogens is 1. The summed E-state index contributed by atoms with van der Waals surface area (Å²) in [7, 11) is 1.71. The number of nitrogen functional groups attached to an aromatic ring is 1. The van der Waals surface area contributed by atoms with Crippen molar-refractivity contribution < 1.29 is 9.84 Å². The number of benzene rings is 1. The molecular weight excluding hydrogens is 276 g/mol. The van der Waals surface area contributed by atoms with Crippen molar-refractivity contribution in [1.29, 1.82) is 0 Å². The Labute approximate surface area is 132 Å². The van der Waals surface area contributed by atoms with Crippen molar-refractivity contribution >= 4 is 5.82 Å². The molecule has 0 atom stereocenters. The number of methoxy groups -OCH3 is 1. The SMILES string of the molecule is COCCCc1cc(Cc2ccc(CO)cc2)c(C)nc1N. The third-order valence-electron chi connectivity index (χ3n) is 3.83. The number of ether oxygens (including phenoxy) is 1. The maximum absolute atomic E-state index is 9.10. The number of pyridine rings is 1. The molecule has 0 unspecified atom stereocenters. The summed E-state index contributed by atoms with van der Waals surface area (Å²) in [5, 5.41) is 9.10. The van der Waals surface area contributed by atoms with E-state index in [2.05, 4.69) is 11.1 Å². The summed E-state index contributed by atoms with van der Waals surface area (Å²) < 4.78 is 5.09. The van der Waals surface area contributed by atoms with Crippen LogP contribution in [-0.2, 0) is 24.2 Å². The first-order chi connectivity index (χ1) is 10.6. The lowest BCUT2D eigenvalue weighted by molar-refractivity contribution is 0.195. The van der Waals surface area contributed by atoms with Gasteiger partial charge in [0.25, 0.3) is 0 Å². The van der Waals surface area contributed by atoms with Gasteiger partial charge in [0.05, 0.1) is 6.61 Å². The van der Waals surface area contributed by atoms with Crippen molar-refractivity contribution in [2.45, 2.75) is 32.8 Å². The van der Waals surface area contributed by atoms with Crippen LogP contribution < -0.4 is 5.73 Å². The number of anilines is 1. The Balaban J connectivity index is 2.16. The van der Waals surface area contributed by atoms with E-state index in [1.54, 1.807) is 7.11 Å². The third-order valence-corrected chi connectivity index (χ3v) is 3.83. The minimum atomic E-state index is 0.0758. The van der Waals surface area contributed by atoms with Gasteiger partial charge in [0, 0.05) is 19.4 Å². The van der Waals surface area contributed by atoms with Gasteiger partial charge in [-0.3, -0.25) is 0 Å². The van der Waals surface area contributed by atoms with E-state index in [0.29, 0.717) is 5.82 Å². The number of hydrogen-bond donors (Lipinski definition) is 2. The van der Waals surface area contributed by atoms with E-state index in [-0.39, 0.29) is 6.61 Å². The molecular formula is C18H24N2O2. The van der Waals surface area contributed by atoms with Gasteiger partial charge in [0.2, 0.25) is 0 Å². The van der Waals surface area contributed by atoms with Gasteiger partial charge in [0.1, 0.15) is 5.82 Å². The highest BCUT2D eigenvalue weighted by Crippen LogP contribution is 2.20. The molecule has 0 amide bonds. The Morgan fingerprint density at radius 2 is 1.82 bits per heavy atom. The maximum Gasteiger partial charge on any atom is 0.126 e. The fourth-order valence-electron chi connectivity index (χ4n) is 2.48. The number of nitrogens with zero attached hydrogens (tertiary/aromatic N) is 1. The van der Waals surface area contributed by atoms with E-state index in [1.807, 2.05) is 31.2 Å². The third kappa shape index (κ3) is 4.29. The predicted molar refractivity (Wildman–Crippen MR) is 88.8 cm³/mol. The number of rotatable bonds is 7. The van der Waals surface area contributed by atoms with Crippen LogP contribution in [0.3, 0.4) is 0 Å². The molecule has 1 aromatic heterocycles. The first-order valence-corrected chi connectivity index (χ1v) is 7.56. The molecule has 1 aromatic carbocycles. The molecule has 4 nitrogen and oxygen atoms in total. The zero-order chi connectivity index (χ0) is 15.9. The Bertz CT molecular complexity index is 609. The fourth-order valence-corrected chi connectivity index (χ4v) is 2.48. The first-order valence-electron chi connectivity index (χ1n) is 7.56. The fraction of sp³-hybridized carbons (Fsp3) is 0.389. The summed E-state index contributed by atoms with van der Waals surface area (Å²) in [4.78, 5) is 4.48. The molecule has 1 heterocycles. The number of nitrogens with two attached hydrogens (primary N) is 1. The number of aliphatic hydroxyl groups is 1. The lowest BCUT2D eigenvalue weighted by atomic mass is 9.99. The van der Waals surface area contributed by atoms with Gasteiger partial charge in [-0.15, -0.1) is 0 Å². The van der Waals surface area contributed by atoms with Crippen LogP contribution in [0.15, 0.2) is 30.3 Å². The molecule has 0 spiro atoms. The lowest BCUT2D eigenvalue weighted by Gasteiger charge is -2.11. The Kier molecular flexibility index (Phi) is 5.92. The zero-order valence-corrected chi connectivity index (χ0v) is 13.3. The van der Waals surface area contributed by atoms with Crippen LogP contribution in [0, 0.1) is 6.92 Å². The molecule has 0 aliphatic heterocycles. The van der Waals surface area contributed by atoms with Gasteiger partial charge in [-0.05, 0) is 48.4 Å². The van der Waals surface area contributed by atoms with Crippen molar-refractivity contribution in [2.75, 3.05) is 19.5 Å². The quantitative estimate of drug-likeness (QED) is 0.771. The Hall–Kier alpha value is -1.91. The number of hydrogen-bond acceptors (Lipinski definition) is 4. The first kappa shape index (κ1) is 16.5. The van der Waals surface area contributed by atoms with E-state index in [1.165, 1.54) is 11.1 Å². The molecule has 0 aliphatic carbocycles. The normalized spacial score (nSPS) is 10.9. The van der Waals surface area contributed by atoms with Crippen LogP contribution in [0.5, 0.6) is 0 Å². The van der Waals surface area contributed by atoms with Crippen LogP contribution >= 0.6 is 0 Å². The highest BCUT2D eigenvalue weighted by Gasteiger charge is 2.08. The molecule has 3 N–H and O–H groups in total. The molecule has 22 heavy (non-hydrogen) atoms. The van der Waals surface area contributed by atoms with Crippen molar-refractivity contribution in [3.05, 3.63) is 58.3 Å². The number of aryl methyl sites for hydroxylation is 2. The number of aliphatic hydroxyl groups excluding tert-OH is 1. The average molecular weight is 300 g/mol. The smallest absolute Gasteiger partial charge is 0.126 e. The summed E-state index contributed by atoms with van der Waals surface area (Å²) in [5.41, 5.74) is 11.4. The van der Waals surface area contributed by atoms with Crippen molar-refractivity contribution in [3.8, 4) is 0 Å². The zero-order valence-electron chi connectivity index (χ0n) is 13.3. The molecule has 0 radical (unpaired) electrons. The molecule has 4 heteroatoms. The van der Waals surface area contributed by atoms with Gasteiger partial charge in [-0.1, -0.05) is 30.3 Å². The topological polar surface area (TPSA) is 68.4 Å². The predicted octanol–water partition coefficient (Wildman–Crippen LogP) is 2.63.